The number of pyridine rings is 1. The third-order valence-electron chi connectivity index (χ3n) is 4.53. The van der Waals surface area contributed by atoms with E-state index in [1.54, 1.807) is 29.2 Å². The van der Waals surface area contributed by atoms with Crippen molar-refractivity contribution in [3.63, 3.8) is 0 Å². The van der Waals surface area contributed by atoms with Gasteiger partial charge in [-0.15, -0.1) is 0 Å². The van der Waals surface area contributed by atoms with E-state index < -0.39 is 10.9 Å². The number of aromatic nitrogens is 1. The molecule has 1 saturated heterocycles. The number of non-ortho nitro benzene ring substituents is 1. The van der Waals surface area contributed by atoms with Crippen molar-refractivity contribution in [3.8, 4) is 0 Å². The minimum Gasteiger partial charge on any atom is -0.452 e. The quantitative estimate of drug-likeness (QED) is 0.440. The Bertz CT molecular complexity index is 859. The number of nitro groups is 1. The smallest absolute Gasteiger partial charge is 0.340 e. The van der Waals surface area contributed by atoms with Gasteiger partial charge in [0.25, 0.3) is 11.6 Å². The SMILES string of the molecule is Cc1ccc(C(=O)OCC(=O)N2CCN(c3ccc([N+](=O)[O-])cc3)CC2)cn1. The molecule has 1 aliphatic rings. The topological polar surface area (TPSA) is 106 Å². The van der Waals surface area contributed by atoms with Gasteiger partial charge in [-0.25, -0.2) is 4.79 Å². The number of amides is 1. The Morgan fingerprint density at radius 2 is 1.79 bits per heavy atom. The number of carbonyl (C=O) groups is 2. The van der Waals surface area contributed by atoms with Gasteiger partial charge >= 0.3 is 5.97 Å². The van der Waals surface area contributed by atoms with Gasteiger partial charge in [0, 0.05) is 55.9 Å². The maximum Gasteiger partial charge on any atom is 0.340 e. The zero-order valence-corrected chi connectivity index (χ0v) is 15.4. The first kappa shape index (κ1) is 19.3. The van der Waals surface area contributed by atoms with E-state index in [-0.39, 0.29) is 18.2 Å². The Hall–Kier alpha value is -3.49. The number of esters is 1. The Balaban J connectivity index is 1.47. The van der Waals surface area contributed by atoms with Gasteiger partial charge in [-0.2, -0.15) is 0 Å². The number of hydrogen-bond donors (Lipinski definition) is 0. The molecule has 2 heterocycles. The van der Waals surface area contributed by atoms with Crippen LogP contribution in [0.3, 0.4) is 0 Å². The molecule has 0 saturated carbocycles. The molecule has 9 nitrogen and oxygen atoms in total. The minimum atomic E-state index is -0.578. The van der Waals surface area contributed by atoms with E-state index in [1.165, 1.54) is 18.3 Å². The second-order valence-electron chi connectivity index (χ2n) is 6.41. The van der Waals surface area contributed by atoms with E-state index in [2.05, 4.69) is 9.88 Å². The summed E-state index contributed by atoms with van der Waals surface area (Å²) in [5, 5.41) is 10.7. The predicted octanol–water partition coefficient (Wildman–Crippen LogP) is 1.80. The Morgan fingerprint density at radius 1 is 1.11 bits per heavy atom. The second kappa shape index (κ2) is 8.47. The average molecular weight is 384 g/mol. The molecule has 2 aromatic rings. The highest BCUT2D eigenvalue weighted by molar-refractivity contribution is 5.91. The van der Waals surface area contributed by atoms with Gasteiger partial charge in [-0.3, -0.25) is 19.9 Å². The predicted molar refractivity (Wildman–Crippen MR) is 101 cm³/mol. The van der Waals surface area contributed by atoms with Crippen LogP contribution < -0.4 is 4.90 Å². The summed E-state index contributed by atoms with van der Waals surface area (Å²) in [7, 11) is 0. The normalized spacial score (nSPS) is 13.9. The Morgan fingerprint density at radius 3 is 2.36 bits per heavy atom. The molecule has 0 spiro atoms. The standard InChI is InChI=1S/C19H20N4O5/c1-14-2-3-15(12-20-14)19(25)28-13-18(24)22-10-8-21(9-11-22)16-4-6-17(7-5-16)23(26)27/h2-7,12H,8-11,13H2,1H3. The van der Waals surface area contributed by atoms with E-state index in [0.29, 0.717) is 31.7 Å². The molecule has 0 atom stereocenters. The van der Waals surface area contributed by atoms with Crippen molar-refractivity contribution >= 4 is 23.3 Å². The van der Waals surface area contributed by atoms with E-state index in [9.17, 15) is 19.7 Å². The van der Waals surface area contributed by atoms with Gasteiger partial charge in [0.1, 0.15) is 0 Å². The lowest BCUT2D eigenvalue weighted by molar-refractivity contribution is -0.384. The summed E-state index contributed by atoms with van der Waals surface area (Å²) in [5.74, 6) is -0.831. The monoisotopic (exact) mass is 384 g/mol. The fraction of sp³-hybridized carbons (Fsp3) is 0.316. The third kappa shape index (κ3) is 4.61. The highest BCUT2D eigenvalue weighted by atomic mass is 16.6. The summed E-state index contributed by atoms with van der Waals surface area (Å²) in [5.41, 5.74) is 2.01. The Labute approximate surface area is 161 Å². The number of nitro benzene ring substituents is 1. The van der Waals surface area contributed by atoms with Crippen LogP contribution in [0.25, 0.3) is 0 Å². The van der Waals surface area contributed by atoms with Crippen molar-refractivity contribution in [2.45, 2.75) is 6.92 Å². The number of benzene rings is 1. The van der Waals surface area contributed by atoms with Crippen LogP contribution in [0.1, 0.15) is 16.1 Å². The van der Waals surface area contributed by atoms with Gasteiger partial charge < -0.3 is 14.5 Å². The van der Waals surface area contributed by atoms with Gasteiger partial charge in [-0.1, -0.05) is 0 Å². The lowest BCUT2D eigenvalue weighted by Gasteiger charge is -2.36. The number of nitrogens with zero attached hydrogens (tertiary/aromatic N) is 4. The largest absolute Gasteiger partial charge is 0.452 e. The third-order valence-corrected chi connectivity index (χ3v) is 4.53. The number of anilines is 1. The molecule has 9 heteroatoms. The van der Waals surface area contributed by atoms with Crippen molar-refractivity contribution in [1.82, 2.24) is 9.88 Å². The number of rotatable bonds is 5. The molecule has 146 valence electrons. The molecule has 0 radical (unpaired) electrons. The maximum atomic E-state index is 12.3. The Kier molecular flexibility index (Phi) is 5.83. The number of carbonyl (C=O) groups excluding carboxylic acids is 2. The number of hydrogen-bond acceptors (Lipinski definition) is 7. The molecule has 1 aliphatic heterocycles. The molecule has 0 N–H and O–H groups in total. The van der Waals surface area contributed by atoms with E-state index in [0.717, 1.165) is 11.4 Å². The van der Waals surface area contributed by atoms with Crippen LogP contribution in [0.4, 0.5) is 11.4 Å². The van der Waals surface area contributed by atoms with Gasteiger partial charge in [0.2, 0.25) is 0 Å². The van der Waals surface area contributed by atoms with Gasteiger partial charge in [-0.05, 0) is 31.2 Å². The molecule has 1 fully saturated rings. The second-order valence-corrected chi connectivity index (χ2v) is 6.41. The van der Waals surface area contributed by atoms with Crippen LogP contribution in [0.2, 0.25) is 0 Å². The number of aryl methyl sites for hydroxylation is 1. The molecular formula is C19H20N4O5. The summed E-state index contributed by atoms with van der Waals surface area (Å²) >= 11 is 0. The van der Waals surface area contributed by atoms with Crippen molar-refractivity contribution in [2.75, 3.05) is 37.7 Å². The van der Waals surface area contributed by atoms with Crippen LogP contribution >= 0.6 is 0 Å². The van der Waals surface area contributed by atoms with Gasteiger partial charge in [0.05, 0.1) is 10.5 Å². The molecule has 0 aliphatic carbocycles. The van der Waals surface area contributed by atoms with E-state index in [4.69, 9.17) is 4.74 Å². The molecule has 0 unspecified atom stereocenters. The van der Waals surface area contributed by atoms with Crippen LogP contribution in [-0.2, 0) is 9.53 Å². The molecule has 1 amide bonds. The van der Waals surface area contributed by atoms with Gasteiger partial charge in [0.15, 0.2) is 6.61 Å². The first-order chi connectivity index (χ1) is 13.4. The van der Waals surface area contributed by atoms with Crippen molar-refractivity contribution < 1.29 is 19.2 Å². The minimum absolute atomic E-state index is 0.0446. The van der Waals surface area contributed by atoms with Crippen LogP contribution in [0.15, 0.2) is 42.6 Å². The van der Waals surface area contributed by atoms with Crippen molar-refractivity contribution in [3.05, 3.63) is 64.0 Å². The summed E-state index contributed by atoms with van der Waals surface area (Å²) in [6.45, 7) is 3.66. The highest BCUT2D eigenvalue weighted by Gasteiger charge is 2.23. The fourth-order valence-corrected chi connectivity index (χ4v) is 2.89. The summed E-state index contributed by atoms with van der Waals surface area (Å²) in [4.78, 5) is 42.3. The molecule has 1 aromatic heterocycles. The summed E-state index contributed by atoms with van der Waals surface area (Å²) < 4.78 is 5.08. The first-order valence-corrected chi connectivity index (χ1v) is 8.81. The first-order valence-electron chi connectivity index (χ1n) is 8.81. The van der Waals surface area contributed by atoms with Crippen LogP contribution in [-0.4, -0.2) is 59.5 Å². The van der Waals surface area contributed by atoms with Crippen molar-refractivity contribution in [2.24, 2.45) is 0 Å². The average Bonchev–Trinajstić information content (AvgIpc) is 2.72. The molecule has 0 bridgehead atoms. The molecule has 3 rings (SSSR count). The van der Waals surface area contributed by atoms with E-state index >= 15 is 0 Å². The number of piperazine rings is 1. The van der Waals surface area contributed by atoms with E-state index in [1.807, 2.05) is 6.92 Å². The van der Waals surface area contributed by atoms with Crippen molar-refractivity contribution in [1.29, 1.82) is 0 Å². The summed E-state index contributed by atoms with van der Waals surface area (Å²) in [6, 6.07) is 9.65. The van der Waals surface area contributed by atoms with Crippen LogP contribution in [0, 0.1) is 17.0 Å². The molecular weight excluding hydrogens is 364 g/mol. The summed E-state index contributed by atoms with van der Waals surface area (Å²) in [6.07, 6.45) is 1.42. The maximum absolute atomic E-state index is 12.3. The lowest BCUT2D eigenvalue weighted by Crippen LogP contribution is -2.49. The molecule has 1 aromatic carbocycles. The zero-order valence-electron chi connectivity index (χ0n) is 15.4. The highest BCUT2D eigenvalue weighted by Crippen LogP contribution is 2.20. The fourth-order valence-electron chi connectivity index (χ4n) is 2.89. The lowest BCUT2D eigenvalue weighted by atomic mass is 10.2. The molecule has 28 heavy (non-hydrogen) atoms. The zero-order chi connectivity index (χ0) is 20.1. The van der Waals surface area contributed by atoms with Crippen LogP contribution in [0.5, 0.6) is 0 Å². The number of ether oxygens (including phenoxy) is 1.